The summed E-state index contributed by atoms with van der Waals surface area (Å²) in [4.78, 5) is 26.6. The maximum Gasteiger partial charge on any atom is 0.328 e. The number of rotatable bonds is 7. The van der Waals surface area contributed by atoms with E-state index in [-0.39, 0.29) is 17.5 Å². The topological polar surface area (TPSA) is 114 Å². The highest BCUT2D eigenvalue weighted by Crippen LogP contribution is 2.40. The number of nitrogens with zero attached hydrogens (tertiary/aromatic N) is 4. The van der Waals surface area contributed by atoms with E-state index in [1.165, 1.54) is 31.4 Å². The van der Waals surface area contributed by atoms with Crippen LogP contribution in [0.25, 0.3) is 11.2 Å². The molecule has 1 aromatic carbocycles. The quantitative estimate of drug-likeness (QED) is 0.460. The van der Waals surface area contributed by atoms with Gasteiger partial charge in [0.2, 0.25) is 0 Å². The Morgan fingerprint density at radius 3 is 2.53 bits per heavy atom. The summed E-state index contributed by atoms with van der Waals surface area (Å²) in [5.74, 6) is 0.222. The molecule has 2 fully saturated rings. The highest BCUT2D eigenvalue weighted by molar-refractivity contribution is 5.81. The molecule has 0 unspecified atom stereocenters. The SMILES string of the molecule is CCCCOc1nc(N)c2[nH]c(=O)n(Cc3ccc(N4CCC5(CCNCC5)CC4)cc3)c2n1. The summed E-state index contributed by atoms with van der Waals surface area (Å²) < 4.78 is 7.23. The van der Waals surface area contributed by atoms with Crippen LogP contribution >= 0.6 is 0 Å². The van der Waals surface area contributed by atoms with Crippen molar-refractivity contribution in [3.63, 3.8) is 0 Å². The summed E-state index contributed by atoms with van der Waals surface area (Å²) in [7, 11) is 0. The van der Waals surface area contributed by atoms with Gasteiger partial charge in [0.25, 0.3) is 0 Å². The number of unbranched alkanes of at least 4 members (excludes halogenated alkanes) is 1. The van der Waals surface area contributed by atoms with Gasteiger partial charge in [0.15, 0.2) is 11.5 Å². The first-order valence-corrected chi connectivity index (χ1v) is 12.5. The number of aromatic nitrogens is 4. The number of hydrogen-bond acceptors (Lipinski definition) is 7. The van der Waals surface area contributed by atoms with Gasteiger partial charge in [0.05, 0.1) is 13.2 Å². The zero-order valence-electron chi connectivity index (χ0n) is 20.0. The van der Waals surface area contributed by atoms with Crippen LogP contribution in [0.4, 0.5) is 11.5 Å². The van der Waals surface area contributed by atoms with Gasteiger partial charge >= 0.3 is 11.7 Å². The summed E-state index contributed by atoms with van der Waals surface area (Å²) in [5, 5.41) is 3.49. The number of imidazole rings is 1. The van der Waals surface area contributed by atoms with Gasteiger partial charge < -0.3 is 25.7 Å². The second-order valence-electron chi connectivity index (χ2n) is 9.71. The second kappa shape index (κ2) is 9.66. The maximum atomic E-state index is 12.7. The molecule has 0 saturated carbocycles. The van der Waals surface area contributed by atoms with E-state index in [9.17, 15) is 4.79 Å². The lowest BCUT2D eigenvalue weighted by Gasteiger charge is -2.45. The fourth-order valence-electron chi connectivity index (χ4n) is 5.24. The third-order valence-electron chi connectivity index (χ3n) is 7.49. The average Bonchev–Trinajstić information content (AvgIpc) is 3.17. The number of H-pyrrole nitrogens is 1. The van der Waals surface area contributed by atoms with Crippen molar-refractivity contribution in [2.24, 2.45) is 5.41 Å². The lowest BCUT2D eigenvalue weighted by molar-refractivity contribution is 0.155. The number of anilines is 2. The van der Waals surface area contributed by atoms with Crippen molar-refractivity contribution in [2.45, 2.75) is 52.0 Å². The van der Waals surface area contributed by atoms with Gasteiger partial charge in [-0.05, 0) is 68.3 Å². The van der Waals surface area contributed by atoms with Crippen LogP contribution in [0, 0.1) is 5.41 Å². The molecule has 34 heavy (non-hydrogen) atoms. The Balaban J connectivity index is 1.29. The van der Waals surface area contributed by atoms with Crippen LogP contribution in [0.2, 0.25) is 0 Å². The minimum Gasteiger partial charge on any atom is -0.463 e. The second-order valence-corrected chi connectivity index (χ2v) is 9.71. The van der Waals surface area contributed by atoms with E-state index in [2.05, 4.69) is 56.4 Å². The molecule has 182 valence electrons. The van der Waals surface area contributed by atoms with E-state index in [1.54, 1.807) is 4.57 Å². The normalized spacial score (nSPS) is 18.0. The lowest BCUT2D eigenvalue weighted by Crippen LogP contribution is -2.45. The number of aromatic amines is 1. The Bertz CT molecular complexity index is 1170. The number of hydrogen-bond donors (Lipinski definition) is 3. The Kier molecular flexibility index (Phi) is 6.45. The van der Waals surface area contributed by atoms with Crippen molar-refractivity contribution in [1.82, 2.24) is 24.8 Å². The molecule has 5 rings (SSSR count). The van der Waals surface area contributed by atoms with Gasteiger partial charge in [0.1, 0.15) is 5.52 Å². The van der Waals surface area contributed by atoms with Crippen molar-refractivity contribution in [2.75, 3.05) is 43.4 Å². The first kappa shape index (κ1) is 22.7. The monoisotopic (exact) mass is 465 g/mol. The molecule has 2 aromatic heterocycles. The van der Waals surface area contributed by atoms with Gasteiger partial charge in [-0.2, -0.15) is 9.97 Å². The largest absolute Gasteiger partial charge is 0.463 e. The van der Waals surface area contributed by atoms with E-state index in [0.717, 1.165) is 44.6 Å². The number of nitrogens with two attached hydrogens (primary N) is 1. The van der Waals surface area contributed by atoms with E-state index in [4.69, 9.17) is 10.5 Å². The number of fused-ring (bicyclic) bond motifs is 1. The summed E-state index contributed by atoms with van der Waals surface area (Å²) in [6.45, 7) is 7.55. The van der Waals surface area contributed by atoms with E-state index in [0.29, 0.717) is 29.7 Å². The Labute approximate surface area is 199 Å². The highest BCUT2D eigenvalue weighted by Gasteiger charge is 2.35. The summed E-state index contributed by atoms with van der Waals surface area (Å²) >= 11 is 0. The van der Waals surface area contributed by atoms with Crippen molar-refractivity contribution < 1.29 is 4.74 Å². The molecule has 0 aliphatic carbocycles. The van der Waals surface area contributed by atoms with E-state index < -0.39 is 0 Å². The molecule has 0 radical (unpaired) electrons. The first-order valence-electron chi connectivity index (χ1n) is 12.5. The maximum absolute atomic E-state index is 12.7. The molecule has 9 nitrogen and oxygen atoms in total. The van der Waals surface area contributed by atoms with Crippen LogP contribution < -0.4 is 26.4 Å². The Hall–Kier alpha value is -3.07. The molecule has 2 aliphatic heterocycles. The average molecular weight is 466 g/mol. The fraction of sp³-hybridized carbons (Fsp3) is 0.560. The van der Waals surface area contributed by atoms with Gasteiger partial charge in [-0.15, -0.1) is 0 Å². The van der Waals surface area contributed by atoms with Crippen LogP contribution in [0.15, 0.2) is 29.1 Å². The van der Waals surface area contributed by atoms with Gasteiger partial charge in [-0.3, -0.25) is 4.57 Å². The third-order valence-corrected chi connectivity index (χ3v) is 7.49. The number of piperidine rings is 2. The van der Waals surface area contributed by atoms with Crippen LogP contribution in [0.5, 0.6) is 6.01 Å². The van der Waals surface area contributed by atoms with Crippen LogP contribution in [-0.2, 0) is 6.54 Å². The highest BCUT2D eigenvalue weighted by atomic mass is 16.5. The number of nitrogens with one attached hydrogen (secondary N) is 2. The summed E-state index contributed by atoms with van der Waals surface area (Å²) in [6, 6.07) is 8.73. The number of benzene rings is 1. The molecule has 4 N–H and O–H groups in total. The van der Waals surface area contributed by atoms with Crippen LogP contribution in [0.3, 0.4) is 0 Å². The molecule has 2 aliphatic rings. The summed E-state index contributed by atoms with van der Waals surface area (Å²) in [5.41, 5.74) is 9.55. The Morgan fingerprint density at radius 2 is 1.82 bits per heavy atom. The predicted molar refractivity (Wildman–Crippen MR) is 134 cm³/mol. The van der Waals surface area contributed by atoms with Gasteiger partial charge in [-0.1, -0.05) is 25.5 Å². The molecule has 9 heteroatoms. The molecule has 0 atom stereocenters. The minimum absolute atomic E-state index is 0.207. The number of ether oxygens (including phenoxy) is 1. The Morgan fingerprint density at radius 1 is 1.09 bits per heavy atom. The molecule has 4 heterocycles. The molecule has 0 bridgehead atoms. The fourth-order valence-corrected chi connectivity index (χ4v) is 5.24. The lowest BCUT2D eigenvalue weighted by atomic mass is 9.71. The third kappa shape index (κ3) is 4.61. The number of nitrogen functional groups attached to an aromatic ring is 1. The smallest absolute Gasteiger partial charge is 0.328 e. The van der Waals surface area contributed by atoms with Gasteiger partial charge in [-0.25, -0.2) is 4.79 Å². The molecule has 1 spiro atoms. The zero-order valence-corrected chi connectivity index (χ0v) is 20.0. The predicted octanol–water partition coefficient (Wildman–Crippen LogP) is 2.90. The molecule has 0 amide bonds. The zero-order chi connectivity index (χ0) is 23.5. The van der Waals surface area contributed by atoms with E-state index >= 15 is 0 Å². The van der Waals surface area contributed by atoms with E-state index in [1.807, 2.05) is 0 Å². The standard InChI is InChI=1S/C25H35N7O2/c1-2-3-16-34-23-29-21(26)20-22(30-23)32(24(33)28-20)17-18-4-6-19(7-5-18)31-14-10-25(11-15-31)8-12-27-13-9-25/h4-7,27H,2-3,8-17H2,1H3,(H,28,33)(H2,26,29,30). The minimum atomic E-state index is -0.255. The van der Waals surface area contributed by atoms with Crippen molar-refractivity contribution in [3.8, 4) is 6.01 Å². The summed E-state index contributed by atoms with van der Waals surface area (Å²) in [6.07, 6.45) is 7.06. The van der Waals surface area contributed by atoms with Crippen molar-refractivity contribution >= 4 is 22.7 Å². The van der Waals surface area contributed by atoms with Crippen LogP contribution in [-0.4, -0.2) is 52.3 Å². The van der Waals surface area contributed by atoms with Gasteiger partial charge in [0, 0.05) is 18.8 Å². The molecule has 2 saturated heterocycles. The van der Waals surface area contributed by atoms with Crippen LogP contribution in [0.1, 0.15) is 51.0 Å². The first-order chi connectivity index (χ1) is 16.6. The molecule has 3 aromatic rings. The van der Waals surface area contributed by atoms with Crippen molar-refractivity contribution in [3.05, 3.63) is 40.3 Å². The molecular weight excluding hydrogens is 430 g/mol. The molecular formula is C25H35N7O2. The van der Waals surface area contributed by atoms with Crippen molar-refractivity contribution in [1.29, 1.82) is 0 Å².